The molecule has 0 atom stereocenters. The van der Waals surface area contributed by atoms with Crippen molar-refractivity contribution in [2.75, 3.05) is 21.3 Å². The van der Waals surface area contributed by atoms with E-state index in [1.807, 2.05) is 0 Å². The average Bonchev–Trinajstić information content (AvgIpc) is 2.53. The molecule has 0 aliphatic rings. The number of benzene rings is 1. The number of carbonyl (C=O) groups is 1. The molecule has 0 unspecified atom stereocenters. The summed E-state index contributed by atoms with van der Waals surface area (Å²) in [5.74, 6) is 1.27. The zero-order valence-corrected chi connectivity index (χ0v) is 11.5. The molecule has 1 aromatic heterocycles. The second kappa shape index (κ2) is 6.06. The molecule has 2 rings (SSSR count). The Morgan fingerprint density at radius 1 is 1.00 bits per heavy atom. The van der Waals surface area contributed by atoms with Crippen molar-refractivity contribution >= 4 is 5.78 Å². The van der Waals surface area contributed by atoms with Gasteiger partial charge in [-0.05, 0) is 24.3 Å². The van der Waals surface area contributed by atoms with Gasteiger partial charge in [0.15, 0.2) is 5.69 Å². The third-order valence-electron chi connectivity index (χ3n) is 2.82. The van der Waals surface area contributed by atoms with E-state index in [0.717, 1.165) is 0 Å². The number of hydrogen-bond acceptors (Lipinski definition) is 5. The van der Waals surface area contributed by atoms with E-state index in [2.05, 4.69) is 4.98 Å². The van der Waals surface area contributed by atoms with Gasteiger partial charge in [0, 0.05) is 17.8 Å². The molecular formula is C15H15NO4. The van der Waals surface area contributed by atoms with Crippen molar-refractivity contribution in [3.05, 3.63) is 47.8 Å². The first kappa shape index (κ1) is 13.9. The predicted molar refractivity (Wildman–Crippen MR) is 73.8 cm³/mol. The van der Waals surface area contributed by atoms with Crippen LogP contribution in [0.15, 0.2) is 36.5 Å². The fourth-order valence-corrected chi connectivity index (χ4v) is 1.80. The van der Waals surface area contributed by atoms with E-state index in [1.54, 1.807) is 36.5 Å². The molecule has 0 spiro atoms. The highest BCUT2D eigenvalue weighted by Gasteiger charge is 2.17. The number of aromatic nitrogens is 1. The Balaban J connectivity index is 2.47. The van der Waals surface area contributed by atoms with Crippen molar-refractivity contribution in [2.45, 2.75) is 0 Å². The highest BCUT2D eigenvalue weighted by atomic mass is 16.5. The second-order valence-electron chi connectivity index (χ2n) is 3.98. The predicted octanol–water partition coefficient (Wildman–Crippen LogP) is 2.34. The molecule has 0 fully saturated rings. The third kappa shape index (κ3) is 2.71. The van der Waals surface area contributed by atoms with Gasteiger partial charge >= 0.3 is 0 Å². The van der Waals surface area contributed by atoms with Gasteiger partial charge in [-0.3, -0.25) is 4.79 Å². The second-order valence-corrected chi connectivity index (χ2v) is 3.98. The lowest BCUT2D eigenvalue weighted by Gasteiger charge is -2.09. The van der Waals surface area contributed by atoms with E-state index < -0.39 is 0 Å². The topological polar surface area (TPSA) is 57.7 Å². The number of nitrogens with zero attached hydrogens (tertiary/aromatic N) is 1. The summed E-state index contributed by atoms with van der Waals surface area (Å²) in [5, 5.41) is 0. The summed E-state index contributed by atoms with van der Waals surface area (Å²) in [7, 11) is 4.56. The van der Waals surface area contributed by atoms with Crippen LogP contribution in [0.3, 0.4) is 0 Å². The molecule has 2 aromatic rings. The molecule has 0 N–H and O–H groups in total. The maximum absolute atomic E-state index is 12.5. The van der Waals surface area contributed by atoms with E-state index in [0.29, 0.717) is 22.8 Å². The summed E-state index contributed by atoms with van der Waals surface area (Å²) in [4.78, 5) is 16.6. The largest absolute Gasteiger partial charge is 0.497 e. The first-order valence-corrected chi connectivity index (χ1v) is 5.96. The number of pyridine rings is 1. The lowest BCUT2D eigenvalue weighted by atomic mass is 10.1. The molecule has 1 aromatic carbocycles. The van der Waals surface area contributed by atoms with Crippen LogP contribution in [0.5, 0.6) is 17.2 Å². The van der Waals surface area contributed by atoms with Gasteiger partial charge in [0.25, 0.3) is 0 Å². The molecule has 0 aliphatic heterocycles. The number of carbonyl (C=O) groups excluding carboxylic acids is 1. The van der Waals surface area contributed by atoms with Gasteiger partial charge in [0.1, 0.15) is 17.2 Å². The minimum absolute atomic E-state index is 0.250. The maximum Gasteiger partial charge on any atom is 0.215 e. The van der Waals surface area contributed by atoms with Crippen LogP contribution in [0.1, 0.15) is 16.1 Å². The maximum atomic E-state index is 12.5. The van der Waals surface area contributed by atoms with Crippen LogP contribution >= 0.6 is 0 Å². The van der Waals surface area contributed by atoms with Gasteiger partial charge in [0.2, 0.25) is 5.78 Å². The molecule has 0 radical (unpaired) electrons. The lowest BCUT2D eigenvalue weighted by molar-refractivity contribution is 0.103. The molecule has 0 amide bonds. The number of ketones is 1. The van der Waals surface area contributed by atoms with Crippen LogP contribution in [-0.2, 0) is 0 Å². The van der Waals surface area contributed by atoms with Crippen molar-refractivity contribution in [1.82, 2.24) is 4.98 Å². The van der Waals surface area contributed by atoms with Crippen LogP contribution in [0.2, 0.25) is 0 Å². The van der Waals surface area contributed by atoms with Gasteiger partial charge in [-0.1, -0.05) is 0 Å². The van der Waals surface area contributed by atoms with Crippen LogP contribution in [0.25, 0.3) is 0 Å². The average molecular weight is 273 g/mol. The molecule has 5 heteroatoms. The first-order valence-electron chi connectivity index (χ1n) is 5.96. The monoisotopic (exact) mass is 273 g/mol. The van der Waals surface area contributed by atoms with Gasteiger partial charge < -0.3 is 14.2 Å². The summed E-state index contributed by atoms with van der Waals surface area (Å²) in [6.07, 6.45) is 1.55. The third-order valence-corrected chi connectivity index (χ3v) is 2.82. The van der Waals surface area contributed by atoms with Crippen molar-refractivity contribution in [2.24, 2.45) is 0 Å². The lowest BCUT2D eigenvalue weighted by Crippen LogP contribution is -2.07. The fourth-order valence-electron chi connectivity index (χ4n) is 1.80. The van der Waals surface area contributed by atoms with Crippen molar-refractivity contribution in [3.63, 3.8) is 0 Å². The standard InChI is InChI=1S/C15H15NO4/c1-18-11-7-10(8-12(9-11)19-2)15(17)14-13(20-3)5-4-6-16-14/h4-9H,1-3H3. The minimum atomic E-state index is -0.250. The van der Waals surface area contributed by atoms with Crippen LogP contribution in [0.4, 0.5) is 0 Å². The van der Waals surface area contributed by atoms with Gasteiger partial charge in [-0.2, -0.15) is 0 Å². The van der Waals surface area contributed by atoms with Crippen LogP contribution in [0, 0.1) is 0 Å². The highest BCUT2D eigenvalue weighted by Crippen LogP contribution is 2.26. The molecule has 104 valence electrons. The Bertz CT molecular complexity index is 603. The fraction of sp³-hybridized carbons (Fsp3) is 0.200. The van der Waals surface area contributed by atoms with Gasteiger partial charge in [-0.25, -0.2) is 4.98 Å². The Labute approximate surface area is 117 Å². The van der Waals surface area contributed by atoms with E-state index in [-0.39, 0.29) is 11.5 Å². The zero-order valence-electron chi connectivity index (χ0n) is 11.5. The zero-order chi connectivity index (χ0) is 14.5. The van der Waals surface area contributed by atoms with E-state index in [4.69, 9.17) is 14.2 Å². The van der Waals surface area contributed by atoms with E-state index in [9.17, 15) is 4.79 Å². The smallest absolute Gasteiger partial charge is 0.215 e. The molecule has 0 bridgehead atoms. The molecular weight excluding hydrogens is 258 g/mol. The SMILES string of the molecule is COc1cc(OC)cc(C(=O)c2ncccc2OC)c1. The number of methoxy groups -OCH3 is 3. The molecule has 0 saturated carbocycles. The van der Waals surface area contributed by atoms with Crippen molar-refractivity contribution in [3.8, 4) is 17.2 Å². The van der Waals surface area contributed by atoms with Gasteiger partial charge in [-0.15, -0.1) is 0 Å². The molecule has 0 saturated heterocycles. The minimum Gasteiger partial charge on any atom is -0.497 e. The molecule has 5 nitrogen and oxygen atoms in total. The number of rotatable bonds is 5. The Hall–Kier alpha value is -2.56. The Kier molecular flexibility index (Phi) is 4.20. The van der Waals surface area contributed by atoms with E-state index >= 15 is 0 Å². The highest BCUT2D eigenvalue weighted by molar-refractivity contribution is 6.09. The van der Waals surface area contributed by atoms with E-state index in [1.165, 1.54) is 21.3 Å². The summed E-state index contributed by atoms with van der Waals surface area (Å²) >= 11 is 0. The summed E-state index contributed by atoms with van der Waals surface area (Å²) < 4.78 is 15.5. The van der Waals surface area contributed by atoms with Crippen LogP contribution in [-0.4, -0.2) is 32.1 Å². The summed E-state index contributed by atoms with van der Waals surface area (Å²) in [6.45, 7) is 0. The normalized spacial score (nSPS) is 9.95. The molecule has 1 heterocycles. The number of ether oxygens (including phenoxy) is 3. The molecule has 0 aliphatic carbocycles. The Morgan fingerprint density at radius 2 is 1.65 bits per heavy atom. The van der Waals surface area contributed by atoms with Crippen molar-refractivity contribution < 1.29 is 19.0 Å². The van der Waals surface area contributed by atoms with Crippen LogP contribution < -0.4 is 14.2 Å². The van der Waals surface area contributed by atoms with Crippen molar-refractivity contribution in [1.29, 1.82) is 0 Å². The summed E-state index contributed by atoms with van der Waals surface area (Å²) in [6, 6.07) is 8.38. The number of hydrogen-bond donors (Lipinski definition) is 0. The summed E-state index contributed by atoms with van der Waals surface area (Å²) in [5.41, 5.74) is 0.684. The quantitative estimate of drug-likeness (QED) is 0.783. The Morgan fingerprint density at radius 3 is 2.20 bits per heavy atom. The first-order chi connectivity index (χ1) is 9.69. The molecule has 20 heavy (non-hydrogen) atoms. The van der Waals surface area contributed by atoms with Gasteiger partial charge in [0.05, 0.1) is 21.3 Å².